The topological polar surface area (TPSA) is 54.0 Å². The minimum absolute atomic E-state index is 0.139. The molecule has 2 aliphatic rings. The van der Waals surface area contributed by atoms with E-state index in [9.17, 15) is 4.79 Å². The SMILES string of the molecule is CNC(C)c1csc(NC(=O)CC2CC3CCC2C3)n1. The molecule has 0 spiro atoms. The standard InChI is InChI=1S/C15H23N3OS/c1-9(16-2)13-8-20-15(17-13)18-14(19)7-12-6-10-3-4-11(12)5-10/h8-12,16H,3-7H2,1-2H3,(H,17,18,19). The van der Waals surface area contributed by atoms with Crippen LogP contribution in [0.25, 0.3) is 0 Å². The fourth-order valence-electron chi connectivity index (χ4n) is 3.73. The number of rotatable bonds is 5. The summed E-state index contributed by atoms with van der Waals surface area (Å²) in [6.45, 7) is 2.07. The van der Waals surface area contributed by atoms with Gasteiger partial charge in [-0.1, -0.05) is 6.42 Å². The predicted octanol–water partition coefficient (Wildman–Crippen LogP) is 3.19. The lowest BCUT2D eigenvalue weighted by Crippen LogP contribution is -2.20. The van der Waals surface area contributed by atoms with Gasteiger partial charge in [0.25, 0.3) is 0 Å². The number of nitrogens with zero attached hydrogens (tertiary/aromatic N) is 1. The van der Waals surface area contributed by atoms with Crippen LogP contribution in [0.5, 0.6) is 0 Å². The Morgan fingerprint density at radius 3 is 3.00 bits per heavy atom. The average Bonchev–Trinajstić information content (AvgIpc) is 3.13. The molecule has 2 fully saturated rings. The lowest BCUT2D eigenvalue weighted by atomic mass is 9.86. The maximum Gasteiger partial charge on any atom is 0.226 e. The number of aromatic nitrogens is 1. The smallest absolute Gasteiger partial charge is 0.226 e. The van der Waals surface area contributed by atoms with E-state index in [4.69, 9.17) is 0 Å². The summed E-state index contributed by atoms with van der Waals surface area (Å²) in [7, 11) is 1.91. The van der Waals surface area contributed by atoms with Crippen LogP contribution >= 0.6 is 11.3 Å². The summed E-state index contributed by atoms with van der Waals surface area (Å²) in [6, 6.07) is 0.225. The third-order valence-corrected chi connectivity index (χ3v) is 5.75. The minimum Gasteiger partial charge on any atom is -0.312 e. The van der Waals surface area contributed by atoms with Gasteiger partial charge in [-0.05, 0) is 51.0 Å². The van der Waals surface area contributed by atoms with E-state index in [2.05, 4.69) is 22.5 Å². The van der Waals surface area contributed by atoms with Crippen LogP contribution in [-0.2, 0) is 4.79 Å². The van der Waals surface area contributed by atoms with Crippen LogP contribution < -0.4 is 10.6 Å². The average molecular weight is 293 g/mol. The van der Waals surface area contributed by atoms with Gasteiger partial charge in [0.15, 0.2) is 5.13 Å². The van der Waals surface area contributed by atoms with E-state index in [1.165, 1.54) is 37.0 Å². The summed E-state index contributed by atoms with van der Waals surface area (Å²) in [4.78, 5) is 16.6. The van der Waals surface area contributed by atoms with E-state index < -0.39 is 0 Å². The normalized spacial score (nSPS) is 29.6. The van der Waals surface area contributed by atoms with Gasteiger partial charge in [0, 0.05) is 17.8 Å². The van der Waals surface area contributed by atoms with Crippen molar-refractivity contribution in [2.75, 3.05) is 12.4 Å². The maximum atomic E-state index is 12.1. The van der Waals surface area contributed by atoms with Gasteiger partial charge in [0.05, 0.1) is 5.69 Å². The van der Waals surface area contributed by atoms with Crippen molar-refractivity contribution in [1.82, 2.24) is 10.3 Å². The van der Waals surface area contributed by atoms with Gasteiger partial charge in [-0.15, -0.1) is 11.3 Å². The first kappa shape index (κ1) is 14.0. The van der Waals surface area contributed by atoms with Gasteiger partial charge in [0.2, 0.25) is 5.91 Å². The van der Waals surface area contributed by atoms with Crippen LogP contribution in [0.1, 0.15) is 50.8 Å². The van der Waals surface area contributed by atoms with Crippen molar-refractivity contribution in [2.45, 2.75) is 45.1 Å². The summed E-state index contributed by atoms with van der Waals surface area (Å²) in [5.74, 6) is 2.47. The van der Waals surface area contributed by atoms with Gasteiger partial charge in [-0.2, -0.15) is 0 Å². The summed E-state index contributed by atoms with van der Waals surface area (Å²) in [5, 5.41) is 8.86. The second kappa shape index (κ2) is 5.82. The molecule has 3 rings (SSSR count). The van der Waals surface area contributed by atoms with Crippen LogP contribution in [0.2, 0.25) is 0 Å². The molecule has 5 heteroatoms. The number of amides is 1. The fraction of sp³-hybridized carbons (Fsp3) is 0.733. The highest BCUT2D eigenvalue weighted by Gasteiger charge is 2.40. The summed E-state index contributed by atoms with van der Waals surface area (Å²) >= 11 is 1.51. The van der Waals surface area contributed by atoms with Gasteiger partial charge in [0.1, 0.15) is 0 Å². The van der Waals surface area contributed by atoms with Crippen LogP contribution in [0.15, 0.2) is 5.38 Å². The lowest BCUT2D eigenvalue weighted by Gasteiger charge is -2.20. The lowest BCUT2D eigenvalue weighted by molar-refractivity contribution is -0.117. The monoisotopic (exact) mass is 293 g/mol. The number of carbonyl (C=O) groups excluding carboxylic acids is 1. The highest BCUT2D eigenvalue weighted by molar-refractivity contribution is 7.13. The third-order valence-electron chi connectivity index (χ3n) is 4.98. The number of thiazole rings is 1. The molecule has 0 radical (unpaired) electrons. The largest absolute Gasteiger partial charge is 0.312 e. The van der Waals surface area contributed by atoms with Crippen LogP contribution in [0.4, 0.5) is 5.13 Å². The first-order chi connectivity index (χ1) is 9.65. The number of anilines is 1. The van der Waals surface area contributed by atoms with E-state index >= 15 is 0 Å². The third kappa shape index (κ3) is 2.88. The molecule has 2 N–H and O–H groups in total. The molecule has 1 aromatic heterocycles. The minimum atomic E-state index is 0.139. The molecule has 4 atom stereocenters. The zero-order valence-electron chi connectivity index (χ0n) is 12.2. The maximum absolute atomic E-state index is 12.1. The molecule has 2 aliphatic carbocycles. The van der Waals surface area contributed by atoms with Crippen molar-refractivity contribution in [2.24, 2.45) is 17.8 Å². The summed E-state index contributed by atoms with van der Waals surface area (Å²) in [6.07, 6.45) is 6.03. The Morgan fingerprint density at radius 2 is 2.35 bits per heavy atom. The number of carbonyl (C=O) groups is 1. The first-order valence-corrected chi connectivity index (χ1v) is 8.46. The molecule has 2 bridgehead atoms. The van der Waals surface area contributed by atoms with Gasteiger partial charge in [-0.3, -0.25) is 4.79 Å². The van der Waals surface area contributed by atoms with E-state index in [-0.39, 0.29) is 11.9 Å². The number of hydrogen-bond donors (Lipinski definition) is 2. The Kier molecular flexibility index (Phi) is 4.08. The van der Waals surface area contributed by atoms with Gasteiger partial charge < -0.3 is 10.6 Å². The fourth-order valence-corrected chi connectivity index (χ4v) is 4.55. The van der Waals surface area contributed by atoms with Crippen LogP contribution in [0, 0.1) is 17.8 Å². The van der Waals surface area contributed by atoms with E-state index in [1.54, 1.807) is 0 Å². The molecule has 1 amide bonds. The van der Waals surface area contributed by atoms with Crippen LogP contribution in [0.3, 0.4) is 0 Å². The molecule has 0 aromatic carbocycles. The summed E-state index contributed by atoms with van der Waals surface area (Å²) < 4.78 is 0. The number of nitrogens with one attached hydrogen (secondary N) is 2. The zero-order valence-corrected chi connectivity index (χ0v) is 13.0. The molecular formula is C15H23N3OS. The molecule has 1 heterocycles. The molecular weight excluding hydrogens is 270 g/mol. The highest BCUT2D eigenvalue weighted by Crippen LogP contribution is 2.49. The zero-order chi connectivity index (χ0) is 14.1. The Morgan fingerprint density at radius 1 is 1.50 bits per heavy atom. The number of fused-ring (bicyclic) bond motifs is 2. The van der Waals surface area contributed by atoms with E-state index in [1.807, 2.05) is 12.4 Å². The Hall–Kier alpha value is -0.940. The Balaban J connectivity index is 1.52. The molecule has 4 unspecified atom stereocenters. The van der Waals surface area contributed by atoms with Crippen molar-refractivity contribution < 1.29 is 4.79 Å². The molecule has 4 nitrogen and oxygen atoms in total. The first-order valence-electron chi connectivity index (χ1n) is 7.58. The van der Waals surface area contributed by atoms with Crippen molar-refractivity contribution in [3.63, 3.8) is 0 Å². The second-order valence-corrected chi connectivity index (χ2v) is 7.13. The van der Waals surface area contributed by atoms with Crippen molar-refractivity contribution in [1.29, 1.82) is 0 Å². The molecule has 2 saturated carbocycles. The predicted molar refractivity (Wildman–Crippen MR) is 81.8 cm³/mol. The highest BCUT2D eigenvalue weighted by atomic mass is 32.1. The van der Waals surface area contributed by atoms with E-state index in [0.717, 1.165) is 22.7 Å². The van der Waals surface area contributed by atoms with Crippen molar-refractivity contribution in [3.05, 3.63) is 11.1 Å². The Labute approximate surface area is 124 Å². The second-order valence-electron chi connectivity index (χ2n) is 6.28. The van der Waals surface area contributed by atoms with E-state index in [0.29, 0.717) is 12.3 Å². The molecule has 110 valence electrons. The summed E-state index contributed by atoms with van der Waals surface area (Å²) in [5.41, 5.74) is 0.993. The number of hydrogen-bond acceptors (Lipinski definition) is 4. The Bertz CT molecular complexity index is 487. The molecule has 1 aromatic rings. The van der Waals surface area contributed by atoms with Crippen LogP contribution in [-0.4, -0.2) is 17.9 Å². The van der Waals surface area contributed by atoms with Crippen molar-refractivity contribution in [3.8, 4) is 0 Å². The van der Waals surface area contributed by atoms with Gasteiger partial charge >= 0.3 is 0 Å². The van der Waals surface area contributed by atoms with Gasteiger partial charge in [-0.25, -0.2) is 4.98 Å². The quantitative estimate of drug-likeness (QED) is 0.876. The van der Waals surface area contributed by atoms with Crippen molar-refractivity contribution >= 4 is 22.4 Å². The molecule has 20 heavy (non-hydrogen) atoms. The molecule has 0 aliphatic heterocycles. The molecule has 0 saturated heterocycles.